The fourth-order valence-corrected chi connectivity index (χ4v) is 6.64. The predicted octanol–water partition coefficient (Wildman–Crippen LogP) is 6.67. The van der Waals surface area contributed by atoms with Crippen molar-refractivity contribution in [3.05, 3.63) is 56.7 Å². The van der Waals surface area contributed by atoms with Gasteiger partial charge in [0.1, 0.15) is 15.7 Å². The number of carbonyl (C=O) groups is 1. The number of aryl methyl sites for hydroxylation is 5. The Morgan fingerprint density at radius 1 is 1.10 bits per heavy atom. The molecule has 4 aromatic rings. The van der Waals surface area contributed by atoms with Crippen LogP contribution in [0, 0.1) is 34.6 Å². The lowest BCUT2D eigenvalue weighted by Crippen LogP contribution is -2.23. The number of hydrogen-bond acceptors (Lipinski definition) is 7. The molecule has 0 saturated carbocycles. The van der Waals surface area contributed by atoms with Gasteiger partial charge in [0.25, 0.3) is 0 Å². The lowest BCUT2D eigenvalue weighted by Gasteiger charge is -2.20. The van der Waals surface area contributed by atoms with Crippen molar-refractivity contribution in [2.24, 2.45) is 0 Å². The van der Waals surface area contributed by atoms with Crippen LogP contribution in [-0.4, -0.2) is 20.9 Å². The number of thiazole rings is 1. The fraction of sp³-hybridized carbons (Fsp3) is 0.304. The Morgan fingerprint density at radius 2 is 1.87 bits per heavy atom. The minimum Gasteiger partial charge on any atom is -0.274 e. The standard InChI is InChI=1S/C23H24N4OS3/c1-12-7-8-19(13(2)9-12)27(17(6)28)23-26-18(11-30-23)10-29-21-20-14(3)15(4)31-22(20)25-16(5)24-21/h7-9,11H,10H2,1-6H3. The van der Waals surface area contributed by atoms with E-state index in [1.54, 1.807) is 34.9 Å². The van der Waals surface area contributed by atoms with Crippen LogP contribution in [-0.2, 0) is 10.5 Å². The molecule has 0 bridgehead atoms. The van der Waals surface area contributed by atoms with Gasteiger partial charge < -0.3 is 0 Å². The van der Waals surface area contributed by atoms with Gasteiger partial charge in [-0.3, -0.25) is 9.69 Å². The van der Waals surface area contributed by atoms with Gasteiger partial charge in [0.05, 0.1) is 11.4 Å². The van der Waals surface area contributed by atoms with Crippen LogP contribution in [0.4, 0.5) is 10.8 Å². The molecule has 0 aliphatic heterocycles. The maximum absolute atomic E-state index is 12.5. The summed E-state index contributed by atoms with van der Waals surface area (Å²) in [4.78, 5) is 30.6. The average Bonchev–Trinajstić information content (AvgIpc) is 3.26. The first kappa shape index (κ1) is 21.9. The smallest absolute Gasteiger partial charge is 0.230 e. The van der Waals surface area contributed by atoms with Gasteiger partial charge in [-0.2, -0.15) is 0 Å². The average molecular weight is 469 g/mol. The highest BCUT2D eigenvalue weighted by atomic mass is 32.2. The number of thioether (sulfide) groups is 1. The van der Waals surface area contributed by atoms with Crippen LogP contribution in [0.2, 0.25) is 0 Å². The monoisotopic (exact) mass is 468 g/mol. The van der Waals surface area contributed by atoms with Gasteiger partial charge in [-0.25, -0.2) is 15.0 Å². The quantitative estimate of drug-likeness (QED) is 0.242. The van der Waals surface area contributed by atoms with E-state index < -0.39 is 0 Å². The zero-order valence-corrected chi connectivity index (χ0v) is 20.9. The summed E-state index contributed by atoms with van der Waals surface area (Å²) in [7, 11) is 0. The molecule has 0 atom stereocenters. The van der Waals surface area contributed by atoms with Crippen molar-refractivity contribution in [3.8, 4) is 0 Å². The van der Waals surface area contributed by atoms with Gasteiger partial charge in [0.2, 0.25) is 5.91 Å². The van der Waals surface area contributed by atoms with E-state index in [0.29, 0.717) is 10.9 Å². The molecule has 4 rings (SSSR count). The summed E-state index contributed by atoms with van der Waals surface area (Å²) >= 11 is 4.89. The molecule has 0 spiro atoms. The Morgan fingerprint density at radius 3 is 2.58 bits per heavy atom. The zero-order chi connectivity index (χ0) is 22.3. The van der Waals surface area contributed by atoms with Crippen molar-refractivity contribution in [2.45, 2.75) is 52.3 Å². The van der Waals surface area contributed by atoms with Gasteiger partial charge >= 0.3 is 0 Å². The number of hydrogen-bond donors (Lipinski definition) is 0. The molecule has 0 fully saturated rings. The number of carbonyl (C=O) groups excluding carboxylic acids is 1. The van der Waals surface area contributed by atoms with Gasteiger partial charge in [0.15, 0.2) is 5.13 Å². The normalized spacial score (nSPS) is 11.3. The maximum atomic E-state index is 12.5. The van der Waals surface area contributed by atoms with E-state index in [0.717, 1.165) is 38.0 Å². The maximum Gasteiger partial charge on any atom is 0.230 e. The topological polar surface area (TPSA) is 59.0 Å². The van der Waals surface area contributed by atoms with E-state index in [1.807, 2.05) is 31.4 Å². The minimum absolute atomic E-state index is 0.0435. The molecule has 31 heavy (non-hydrogen) atoms. The second kappa shape index (κ2) is 8.68. The van der Waals surface area contributed by atoms with Crippen molar-refractivity contribution in [3.63, 3.8) is 0 Å². The van der Waals surface area contributed by atoms with Crippen LogP contribution in [0.15, 0.2) is 28.6 Å². The highest BCUT2D eigenvalue weighted by Gasteiger charge is 2.20. The van der Waals surface area contributed by atoms with Crippen LogP contribution in [0.3, 0.4) is 0 Å². The molecule has 1 amide bonds. The summed E-state index contributed by atoms with van der Waals surface area (Å²) in [5.41, 5.74) is 5.30. The lowest BCUT2D eigenvalue weighted by molar-refractivity contribution is -0.115. The molecule has 0 saturated heterocycles. The predicted molar refractivity (Wildman–Crippen MR) is 132 cm³/mol. The number of benzene rings is 1. The summed E-state index contributed by atoms with van der Waals surface area (Å²) in [5, 5.41) is 4.87. The molecule has 3 heterocycles. The molecule has 0 radical (unpaired) electrons. The van der Waals surface area contributed by atoms with Crippen molar-refractivity contribution in [2.75, 3.05) is 4.90 Å². The number of rotatable bonds is 5. The second-order valence-corrected chi connectivity index (χ2v) is 10.6. The molecule has 0 unspecified atom stereocenters. The van der Waals surface area contributed by atoms with Gasteiger partial charge in [0, 0.05) is 28.3 Å². The number of fused-ring (bicyclic) bond motifs is 1. The van der Waals surface area contributed by atoms with Gasteiger partial charge in [-0.15, -0.1) is 22.7 Å². The SMILES string of the molecule is CC(=O)N(c1nc(CSc2nc(C)nc3sc(C)c(C)c23)cs1)c1ccc(C)cc1C. The van der Waals surface area contributed by atoms with Crippen molar-refractivity contribution in [1.29, 1.82) is 0 Å². The summed E-state index contributed by atoms with van der Waals surface area (Å²) in [6, 6.07) is 6.10. The molecule has 8 heteroatoms. The molecule has 0 aliphatic carbocycles. The molecular weight excluding hydrogens is 444 g/mol. The van der Waals surface area contributed by atoms with Crippen LogP contribution < -0.4 is 4.90 Å². The molecular formula is C23H24N4OS3. The van der Waals surface area contributed by atoms with Crippen LogP contribution in [0.5, 0.6) is 0 Å². The lowest BCUT2D eigenvalue weighted by atomic mass is 10.1. The van der Waals surface area contributed by atoms with Crippen molar-refractivity contribution in [1.82, 2.24) is 15.0 Å². The third-order valence-corrected chi connectivity index (χ3v) is 8.09. The zero-order valence-electron chi connectivity index (χ0n) is 18.4. The fourth-order valence-electron chi connectivity index (χ4n) is 3.49. The van der Waals surface area contributed by atoms with Gasteiger partial charge in [-0.05, 0) is 51.8 Å². The highest BCUT2D eigenvalue weighted by Crippen LogP contribution is 2.37. The van der Waals surface area contributed by atoms with Crippen LogP contribution >= 0.6 is 34.4 Å². The van der Waals surface area contributed by atoms with Crippen molar-refractivity contribution < 1.29 is 4.79 Å². The second-order valence-electron chi connectivity index (χ2n) is 7.59. The molecule has 3 aromatic heterocycles. The Bertz CT molecular complexity index is 1290. The molecule has 160 valence electrons. The first-order valence-electron chi connectivity index (χ1n) is 9.94. The number of amides is 1. The van der Waals surface area contributed by atoms with E-state index in [1.165, 1.54) is 27.3 Å². The van der Waals surface area contributed by atoms with E-state index in [-0.39, 0.29) is 5.91 Å². The largest absolute Gasteiger partial charge is 0.274 e. The Kier molecular flexibility index (Phi) is 6.14. The number of aromatic nitrogens is 3. The highest BCUT2D eigenvalue weighted by molar-refractivity contribution is 7.98. The van der Waals surface area contributed by atoms with E-state index in [4.69, 9.17) is 9.97 Å². The first-order valence-corrected chi connectivity index (χ1v) is 12.6. The molecule has 5 nitrogen and oxygen atoms in total. The number of nitrogens with zero attached hydrogens (tertiary/aromatic N) is 4. The minimum atomic E-state index is -0.0435. The Hall–Kier alpha value is -2.29. The third kappa shape index (κ3) is 4.37. The number of thiophene rings is 1. The molecule has 0 N–H and O–H groups in total. The number of anilines is 2. The van der Waals surface area contributed by atoms with E-state index in [9.17, 15) is 4.79 Å². The van der Waals surface area contributed by atoms with Crippen LogP contribution in [0.1, 0.15) is 40.0 Å². The van der Waals surface area contributed by atoms with E-state index in [2.05, 4.69) is 31.8 Å². The third-order valence-electron chi connectivity index (χ3n) is 5.10. The summed E-state index contributed by atoms with van der Waals surface area (Å²) < 4.78 is 0. The first-order chi connectivity index (χ1) is 14.7. The summed E-state index contributed by atoms with van der Waals surface area (Å²) in [6.07, 6.45) is 0. The summed E-state index contributed by atoms with van der Waals surface area (Å²) in [5.74, 6) is 1.43. The van der Waals surface area contributed by atoms with Crippen molar-refractivity contribution >= 4 is 61.4 Å². The Balaban J connectivity index is 1.61. The molecule has 0 aliphatic rings. The molecule has 1 aromatic carbocycles. The van der Waals surface area contributed by atoms with Crippen LogP contribution in [0.25, 0.3) is 10.2 Å². The Labute approximate surface area is 194 Å². The van der Waals surface area contributed by atoms with E-state index >= 15 is 0 Å². The van der Waals surface area contributed by atoms with Gasteiger partial charge in [-0.1, -0.05) is 29.5 Å². The summed E-state index contributed by atoms with van der Waals surface area (Å²) in [6.45, 7) is 11.8.